The largest absolute Gasteiger partial charge is 0.355 e. The Morgan fingerprint density at radius 1 is 1.47 bits per heavy atom. The molecule has 1 aliphatic heterocycles. The van der Waals surface area contributed by atoms with Gasteiger partial charge in [-0.05, 0) is 20.4 Å². The lowest BCUT2D eigenvalue weighted by Crippen LogP contribution is -2.30. The van der Waals surface area contributed by atoms with Gasteiger partial charge >= 0.3 is 0 Å². The molecule has 0 bridgehead atoms. The molecule has 3 heterocycles. The van der Waals surface area contributed by atoms with Crippen LogP contribution in [0.2, 0.25) is 0 Å². The molecule has 0 spiro atoms. The Bertz CT molecular complexity index is 534. The Morgan fingerprint density at radius 2 is 2.35 bits per heavy atom. The highest BCUT2D eigenvalue weighted by atomic mass is 15.4. The Hall–Kier alpha value is -1.69. The highest BCUT2D eigenvalue weighted by Crippen LogP contribution is 2.20. The fraction of sp³-hybridized carbons (Fsp3) is 0.545. The Balaban J connectivity index is 2.02. The molecule has 6 heteroatoms. The lowest BCUT2D eigenvalue weighted by Gasteiger charge is -2.19. The lowest BCUT2D eigenvalue weighted by atomic mass is 10.3. The smallest absolute Gasteiger partial charge is 0.254 e. The third-order valence-corrected chi connectivity index (χ3v) is 3.28. The van der Waals surface area contributed by atoms with Gasteiger partial charge in [-0.2, -0.15) is 14.6 Å². The summed E-state index contributed by atoms with van der Waals surface area (Å²) < 4.78 is 1.81. The van der Waals surface area contributed by atoms with Crippen LogP contribution in [0.1, 0.15) is 12.1 Å². The van der Waals surface area contributed by atoms with Crippen molar-refractivity contribution in [2.45, 2.75) is 19.4 Å². The SMILES string of the molecule is CNC1CCN(c2cc(C)nc3ncnn23)C1. The molecule has 2 aromatic heterocycles. The van der Waals surface area contributed by atoms with Crippen molar-refractivity contribution >= 4 is 11.6 Å². The second-order valence-electron chi connectivity index (χ2n) is 4.45. The molecule has 0 aromatic carbocycles. The number of fused-ring (bicyclic) bond motifs is 1. The zero-order chi connectivity index (χ0) is 11.8. The van der Waals surface area contributed by atoms with Gasteiger partial charge in [0, 0.05) is 30.9 Å². The van der Waals surface area contributed by atoms with Crippen LogP contribution in [0.3, 0.4) is 0 Å². The van der Waals surface area contributed by atoms with E-state index >= 15 is 0 Å². The molecule has 0 aliphatic carbocycles. The van der Waals surface area contributed by atoms with Crippen molar-refractivity contribution < 1.29 is 0 Å². The van der Waals surface area contributed by atoms with Crippen LogP contribution in [0.4, 0.5) is 5.82 Å². The molecule has 0 amide bonds. The van der Waals surface area contributed by atoms with Gasteiger partial charge in [0.2, 0.25) is 0 Å². The molecule has 1 atom stereocenters. The van der Waals surface area contributed by atoms with Crippen LogP contribution in [0.5, 0.6) is 0 Å². The summed E-state index contributed by atoms with van der Waals surface area (Å²) >= 11 is 0. The van der Waals surface area contributed by atoms with E-state index in [2.05, 4.69) is 31.3 Å². The normalized spacial score (nSPS) is 20.4. The van der Waals surface area contributed by atoms with E-state index in [-0.39, 0.29) is 0 Å². The van der Waals surface area contributed by atoms with Crippen LogP contribution >= 0.6 is 0 Å². The maximum absolute atomic E-state index is 4.35. The van der Waals surface area contributed by atoms with Gasteiger partial charge in [-0.1, -0.05) is 0 Å². The van der Waals surface area contributed by atoms with E-state index in [0.29, 0.717) is 11.8 Å². The number of nitrogens with zero attached hydrogens (tertiary/aromatic N) is 5. The van der Waals surface area contributed by atoms with Crippen molar-refractivity contribution in [3.63, 3.8) is 0 Å². The molecule has 3 rings (SSSR count). The molecule has 0 saturated carbocycles. The van der Waals surface area contributed by atoms with Crippen molar-refractivity contribution in [2.24, 2.45) is 0 Å². The standard InChI is InChI=1S/C11H16N6/c1-8-5-10(16-4-3-9(6-16)12-2)17-11(15-8)13-7-14-17/h5,7,9,12H,3-4,6H2,1-2H3. The number of rotatable bonds is 2. The highest BCUT2D eigenvalue weighted by molar-refractivity contribution is 5.48. The van der Waals surface area contributed by atoms with Gasteiger partial charge in [0.05, 0.1) is 0 Å². The first-order valence-corrected chi connectivity index (χ1v) is 5.87. The van der Waals surface area contributed by atoms with E-state index in [9.17, 15) is 0 Å². The molecule has 1 unspecified atom stereocenters. The third-order valence-electron chi connectivity index (χ3n) is 3.28. The third kappa shape index (κ3) is 1.74. The number of aryl methyl sites for hydroxylation is 1. The molecule has 90 valence electrons. The van der Waals surface area contributed by atoms with Crippen LogP contribution in [-0.2, 0) is 0 Å². The number of hydrogen-bond acceptors (Lipinski definition) is 5. The topological polar surface area (TPSA) is 58.3 Å². The fourth-order valence-electron chi connectivity index (χ4n) is 2.34. The number of anilines is 1. The number of hydrogen-bond donors (Lipinski definition) is 1. The first kappa shape index (κ1) is 10.5. The van der Waals surface area contributed by atoms with Gasteiger partial charge in [-0.15, -0.1) is 0 Å². The molecular formula is C11H16N6. The molecule has 1 fully saturated rings. The van der Waals surface area contributed by atoms with Crippen molar-refractivity contribution in [3.8, 4) is 0 Å². The van der Waals surface area contributed by atoms with Gasteiger partial charge in [0.15, 0.2) is 0 Å². The van der Waals surface area contributed by atoms with Gasteiger partial charge in [-0.3, -0.25) is 0 Å². The van der Waals surface area contributed by atoms with Crippen molar-refractivity contribution in [1.82, 2.24) is 24.9 Å². The van der Waals surface area contributed by atoms with Gasteiger partial charge in [-0.25, -0.2) is 4.98 Å². The summed E-state index contributed by atoms with van der Waals surface area (Å²) in [5, 5.41) is 7.55. The molecule has 17 heavy (non-hydrogen) atoms. The number of aromatic nitrogens is 4. The van der Waals surface area contributed by atoms with Crippen molar-refractivity contribution in [3.05, 3.63) is 18.1 Å². The van der Waals surface area contributed by atoms with Crippen LogP contribution in [0.15, 0.2) is 12.4 Å². The predicted molar refractivity (Wildman–Crippen MR) is 65.2 cm³/mol. The number of likely N-dealkylation sites (N-methyl/N-ethyl adjacent to an activating group) is 1. The summed E-state index contributed by atoms with van der Waals surface area (Å²) in [6.45, 7) is 4.04. The van der Waals surface area contributed by atoms with Gasteiger partial charge in [0.1, 0.15) is 12.1 Å². The Labute approximate surface area is 99.7 Å². The number of nitrogens with one attached hydrogen (secondary N) is 1. The van der Waals surface area contributed by atoms with Crippen LogP contribution in [-0.4, -0.2) is 45.8 Å². The van der Waals surface area contributed by atoms with Crippen LogP contribution < -0.4 is 10.2 Å². The minimum atomic E-state index is 0.557. The molecule has 0 radical (unpaired) electrons. The monoisotopic (exact) mass is 232 g/mol. The molecule has 2 aromatic rings. The maximum Gasteiger partial charge on any atom is 0.254 e. The Morgan fingerprint density at radius 3 is 3.12 bits per heavy atom. The fourth-order valence-corrected chi connectivity index (χ4v) is 2.34. The van der Waals surface area contributed by atoms with E-state index < -0.39 is 0 Å². The average molecular weight is 232 g/mol. The summed E-state index contributed by atoms with van der Waals surface area (Å²) in [4.78, 5) is 10.8. The summed E-state index contributed by atoms with van der Waals surface area (Å²) in [5.41, 5.74) is 0.980. The summed E-state index contributed by atoms with van der Waals surface area (Å²) in [6, 6.07) is 2.63. The van der Waals surface area contributed by atoms with Crippen molar-refractivity contribution in [1.29, 1.82) is 0 Å². The lowest BCUT2D eigenvalue weighted by molar-refractivity contribution is 0.616. The molecule has 1 N–H and O–H groups in total. The highest BCUT2D eigenvalue weighted by Gasteiger charge is 2.23. The summed E-state index contributed by atoms with van der Waals surface area (Å²) in [5.74, 6) is 1.76. The second-order valence-corrected chi connectivity index (χ2v) is 4.45. The minimum Gasteiger partial charge on any atom is -0.355 e. The predicted octanol–water partition coefficient (Wildman–Crippen LogP) is 0.231. The first-order chi connectivity index (χ1) is 8.28. The van der Waals surface area contributed by atoms with Crippen LogP contribution in [0, 0.1) is 6.92 Å². The van der Waals surface area contributed by atoms with Gasteiger partial charge in [0.25, 0.3) is 5.78 Å². The zero-order valence-electron chi connectivity index (χ0n) is 10.1. The van der Waals surface area contributed by atoms with E-state index in [1.54, 1.807) is 6.33 Å². The maximum atomic E-state index is 4.35. The van der Waals surface area contributed by atoms with E-state index in [0.717, 1.165) is 31.0 Å². The van der Waals surface area contributed by atoms with Crippen molar-refractivity contribution in [2.75, 3.05) is 25.0 Å². The van der Waals surface area contributed by atoms with E-state index in [1.165, 1.54) is 0 Å². The average Bonchev–Trinajstić information content (AvgIpc) is 2.95. The van der Waals surface area contributed by atoms with Gasteiger partial charge < -0.3 is 10.2 Å². The molecular weight excluding hydrogens is 216 g/mol. The molecule has 6 nitrogen and oxygen atoms in total. The molecule has 1 saturated heterocycles. The quantitative estimate of drug-likeness (QED) is 0.803. The van der Waals surface area contributed by atoms with E-state index in [4.69, 9.17) is 0 Å². The second kappa shape index (κ2) is 3.96. The molecule has 1 aliphatic rings. The zero-order valence-corrected chi connectivity index (χ0v) is 10.1. The Kier molecular flexibility index (Phi) is 2.44. The first-order valence-electron chi connectivity index (χ1n) is 5.87. The van der Waals surface area contributed by atoms with E-state index in [1.807, 2.05) is 18.5 Å². The minimum absolute atomic E-state index is 0.557. The summed E-state index contributed by atoms with van der Waals surface area (Å²) in [7, 11) is 2.01. The van der Waals surface area contributed by atoms with Crippen LogP contribution in [0.25, 0.3) is 5.78 Å². The summed E-state index contributed by atoms with van der Waals surface area (Å²) in [6.07, 6.45) is 2.71.